The van der Waals surface area contributed by atoms with Crippen molar-refractivity contribution in [2.24, 2.45) is 5.92 Å². The van der Waals surface area contributed by atoms with Gasteiger partial charge in [-0.2, -0.15) is 5.01 Å². The first-order valence-electron chi connectivity index (χ1n) is 9.84. The van der Waals surface area contributed by atoms with E-state index in [1.165, 1.54) is 7.11 Å². The number of hydrogen-bond acceptors (Lipinski definition) is 5. The quantitative estimate of drug-likeness (QED) is 0.432. The highest BCUT2D eigenvalue weighted by atomic mass is 16.5. The molecule has 0 saturated carbocycles. The van der Waals surface area contributed by atoms with Gasteiger partial charge in [0, 0.05) is 12.8 Å². The summed E-state index contributed by atoms with van der Waals surface area (Å²) >= 11 is 0. The first-order valence-corrected chi connectivity index (χ1v) is 9.84. The van der Waals surface area contributed by atoms with Crippen LogP contribution in [0.15, 0.2) is 30.3 Å². The van der Waals surface area contributed by atoms with Crippen LogP contribution >= 0.6 is 0 Å². The predicted molar refractivity (Wildman–Crippen MR) is 102 cm³/mol. The van der Waals surface area contributed by atoms with Gasteiger partial charge in [-0.1, -0.05) is 37.3 Å². The van der Waals surface area contributed by atoms with Crippen molar-refractivity contribution in [3.63, 3.8) is 0 Å². The number of urea groups is 1. The van der Waals surface area contributed by atoms with Crippen molar-refractivity contribution in [3.05, 3.63) is 35.9 Å². The lowest BCUT2D eigenvalue weighted by Crippen LogP contribution is -3.14. The molecule has 0 unspecified atom stereocenters. The number of amides is 4. The van der Waals surface area contributed by atoms with E-state index < -0.39 is 23.4 Å². The van der Waals surface area contributed by atoms with Crippen molar-refractivity contribution >= 4 is 23.8 Å². The molecule has 9 nitrogen and oxygen atoms in total. The van der Waals surface area contributed by atoms with Crippen LogP contribution < -0.4 is 15.6 Å². The number of carbonyl (C=O) groups is 4. The van der Waals surface area contributed by atoms with Gasteiger partial charge in [-0.15, -0.1) is 0 Å². The molecule has 2 saturated heterocycles. The maximum Gasteiger partial charge on any atom is 0.344 e. The second-order valence-electron chi connectivity index (χ2n) is 7.45. The zero-order chi connectivity index (χ0) is 21.0. The molecule has 2 aliphatic heterocycles. The number of esters is 1. The maximum atomic E-state index is 13.0. The van der Waals surface area contributed by atoms with Crippen molar-refractivity contribution in [3.8, 4) is 0 Å². The van der Waals surface area contributed by atoms with Crippen LogP contribution in [-0.4, -0.2) is 55.6 Å². The molecule has 156 valence electrons. The van der Waals surface area contributed by atoms with Gasteiger partial charge in [-0.05, 0) is 12.0 Å². The third-order valence-electron chi connectivity index (χ3n) is 5.76. The lowest BCUT2D eigenvalue weighted by atomic mass is 9.87. The standard InChI is InChI=1S/C20H26N4O5/c1-3-20(15-7-5-4-6-8-15)18(27)24(19(28)21-20)22-16(25)13-23-11-9-14(10-12-23)17(26)29-2/h4-8,14H,3,9-13H2,1-2H3,(H,21,28)(H,22,25)/p+1/t20-/m0/s1. The Morgan fingerprint density at radius 3 is 2.48 bits per heavy atom. The van der Waals surface area contributed by atoms with Gasteiger partial charge >= 0.3 is 12.0 Å². The highest BCUT2D eigenvalue weighted by Gasteiger charge is 2.52. The minimum absolute atomic E-state index is 0.120. The Morgan fingerprint density at radius 2 is 1.90 bits per heavy atom. The summed E-state index contributed by atoms with van der Waals surface area (Å²) in [6, 6.07) is 8.35. The Bertz CT molecular complexity index is 791. The van der Waals surface area contributed by atoms with Crippen LogP contribution in [0.25, 0.3) is 0 Å². The number of nitrogens with zero attached hydrogens (tertiary/aromatic N) is 1. The molecule has 2 aliphatic rings. The van der Waals surface area contributed by atoms with Gasteiger partial charge in [-0.25, -0.2) is 4.79 Å². The topological polar surface area (TPSA) is 109 Å². The van der Waals surface area contributed by atoms with Gasteiger partial charge in [0.2, 0.25) is 0 Å². The van der Waals surface area contributed by atoms with Crippen molar-refractivity contribution in [1.29, 1.82) is 0 Å². The highest BCUT2D eigenvalue weighted by Crippen LogP contribution is 2.31. The molecule has 3 N–H and O–H groups in total. The monoisotopic (exact) mass is 403 g/mol. The van der Waals surface area contributed by atoms with E-state index >= 15 is 0 Å². The summed E-state index contributed by atoms with van der Waals surface area (Å²) in [6.07, 6.45) is 1.65. The second kappa shape index (κ2) is 8.60. The summed E-state index contributed by atoms with van der Waals surface area (Å²) in [7, 11) is 1.37. The molecule has 29 heavy (non-hydrogen) atoms. The molecular weight excluding hydrogens is 376 g/mol. The summed E-state index contributed by atoms with van der Waals surface area (Å²) in [5, 5.41) is 3.51. The molecule has 0 bridgehead atoms. The number of hydrazine groups is 1. The smallest absolute Gasteiger partial charge is 0.344 e. The van der Waals surface area contributed by atoms with Gasteiger partial charge in [0.05, 0.1) is 26.1 Å². The average molecular weight is 403 g/mol. The second-order valence-corrected chi connectivity index (χ2v) is 7.45. The summed E-state index contributed by atoms with van der Waals surface area (Å²) < 4.78 is 4.77. The van der Waals surface area contributed by atoms with Crippen LogP contribution in [0.5, 0.6) is 0 Å². The molecule has 0 spiro atoms. The van der Waals surface area contributed by atoms with Crippen LogP contribution in [0.1, 0.15) is 31.7 Å². The summed E-state index contributed by atoms with van der Waals surface area (Å²) in [5.41, 5.74) is 1.94. The average Bonchev–Trinajstić information content (AvgIpc) is 2.99. The van der Waals surface area contributed by atoms with Crippen molar-refractivity contribution in [2.75, 3.05) is 26.7 Å². The molecule has 2 fully saturated rings. The van der Waals surface area contributed by atoms with Crippen molar-refractivity contribution in [1.82, 2.24) is 15.8 Å². The van der Waals surface area contributed by atoms with E-state index in [1.54, 1.807) is 24.3 Å². The molecule has 0 aliphatic carbocycles. The Balaban J connectivity index is 1.60. The van der Waals surface area contributed by atoms with E-state index in [-0.39, 0.29) is 18.4 Å². The number of benzene rings is 1. The van der Waals surface area contributed by atoms with Crippen molar-refractivity contribution < 1.29 is 28.8 Å². The third kappa shape index (κ3) is 4.09. The van der Waals surface area contributed by atoms with E-state index in [2.05, 4.69) is 10.7 Å². The molecule has 2 heterocycles. The zero-order valence-electron chi connectivity index (χ0n) is 16.7. The van der Waals surface area contributed by atoms with E-state index in [9.17, 15) is 19.2 Å². The molecule has 3 rings (SSSR count). The minimum Gasteiger partial charge on any atom is -0.469 e. The van der Waals surface area contributed by atoms with E-state index in [0.29, 0.717) is 37.9 Å². The molecular formula is C20H27N4O5+. The lowest BCUT2D eigenvalue weighted by molar-refractivity contribution is -0.897. The van der Waals surface area contributed by atoms with Gasteiger partial charge < -0.3 is 15.0 Å². The summed E-state index contributed by atoms with van der Waals surface area (Å²) in [4.78, 5) is 50.5. The van der Waals surface area contributed by atoms with Gasteiger partial charge in [0.15, 0.2) is 6.54 Å². The first kappa shape index (κ1) is 20.8. The van der Waals surface area contributed by atoms with Gasteiger partial charge in [-0.3, -0.25) is 19.8 Å². The Hall–Kier alpha value is -2.94. The van der Waals surface area contributed by atoms with Gasteiger partial charge in [0.1, 0.15) is 5.54 Å². The fourth-order valence-electron chi connectivity index (χ4n) is 4.04. The normalized spacial score (nSPS) is 26.8. The zero-order valence-corrected chi connectivity index (χ0v) is 16.7. The van der Waals surface area contributed by atoms with Gasteiger partial charge in [0.25, 0.3) is 11.8 Å². The molecule has 0 aromatic heterocycles. The molecule has 1 aromatic carbocycles. The molecule has 1 aromatic rings. The predicted octanol–water partition coefficient (Wildman–Crippen LogP) is -0.657. The Labute approximate surface area is 169 Å². The highest BCUT2D eigenvalue weighted by molar-refractivity contribution is 6.08. The fourth-order valence-corrected chi connectivity index (χ4v) is 4.04. The number of likely N-dealkylation sites (tertiary alicyclic amines) is 1. The third-order valence-corrected chi connectivity index (χ3v) is 5.76. The number of methoxy groups -OCH3 is 1. The van der Waals surface area contributed by atoms with E-state index in [0.717, 1.165) is 9.91 Å². The number of ether oxygens (including phenoxy) is 1. The number of carbonyl (C=O) groups excluding carboxylic acids is 4. The van der Waals surface area contributed by atoms with E-state index in [4.69, 9.17) is 4.74 Å². The molecule has 0 radical (unpaired) electrons. The lowest BCUT2D eigenvalue weighted by Gasteiger charge is -2.28. The number of piperidine rings is 1. The maximum absolute atomic E-state index is 13.0. The van der Waals surface area contributed by atoms with E-state index in [1.807, 2.05) is 13.0 Å². The minimum atomic E-state index is -1.18. The number of rotatable bonds is 6. The largest absolute Gasteiger partial charge is 0.469 e. The molecule has 4 amide bonds. The van der Waals surface area contributed by atoms with Crippen LogP contribution in [0.2, 0.25) is 0 Å². The van der Waals surface area contributed by atoms with Crippen molar-refractivity contribution in [2.45, 2.75) is 31.7 Å². The fraction of sp³-hybridized carbons (Fsp3) is 0.500. The summed E-state index contributed by atoms with van der Waals surface area (Å²) in [6.45, 7) is 3.23. The summed E-state index contributed by atoms with van der Waals surface area (Å²) in [5.74, 6) is -1.26. The van der Waals surface area contributed by atoms with Crippen LogP contribution in [0.3, 0.4) is 0 Å². The number of imide groups is 1. The first-order chi connectivity index (χ1) is 13.9. The molecule has 9 heteroatoms. The number of quaternary nitrogens is 1. The number of nitrogens with one attached hydrogen (secondary N) is 3. The van der Waals surface area contributed by atoms with Crippen LogP contribution in [0.4, 0.5) is 4.79 Å². The Kier molecular flexibility index (Phi) is 6.17. The Morgan fingerprint density at radius 1 is 1.24 bits per heavy atom. The molecule has 1 atom stereocenters. The number of hydrogen-bond donors (Lipinski definition) is 3. The van der Waals surface area contributed by atoms with Crippen LogP contribution in [-0.2, 0) is 24.7 Å². The van der Waals surface area contributed by atoms with Crippen LogP contribution in [0, 0.1) is 5.92 Å². The SMILES string of the molecule is CC[C@@]1(c2ccccc2)NC(=O)N(NC(=O)C[NH+]2CCC(C(=O)OC)CC2)C1=O.